The van der Waals surface area contributed by atoms with Crippen molar-refractivity contribution in [1.82, 2.24) is 14.9 Å². The summed E-state index contributed by atoms with van der Waals surface area (Å²) in [6.45, 7) is 2.27. The number of likely N-dealkylation sites (tertiary alicyclic amines) is 1. The number of benzene rings is 1. The molecular formula is C29H32FN3O3. The van der Waals surface area contributed by atoms with Crippen LogP contribution in [0.4, 0.5) is 4.39 Å². The predicted molar refractivity (Wildman–Crippen MR) is 137 cm³/mol. The smallest absolute Gasteiger partial charge is 0.303 e. The molecule has 1 aliphatic heterocycles. The number of methoxy groups -OCH3 is 1. The van der Waals surface area contributed by atoms with E-state index in [4.69, 9.17) is 4.74 Å². The zero-order valence-electron chi connectivity index (χ0n) is 20.6. The zero-order valence-corrected chi connectivity index (χ0v) is 20.6. The maximum absolute atomic E-state index is 15.5. The van der Waals surface area contributed by atoms with Crippen LogP contribution >= 0.6 is 0 Å². The van der Waals surface area contributed by atoms with Crippen LogP contribution in [0.25, 0.3) is 10.9 Å². The van der Waals surface area contributed by atoms with Crippen molar-refractivity contribution < 1.29 is 19.0 Å². The van der Waals surface area contributed by atoms with Gasteiger partial charge in [0.15, 0.2) is 0 Å². The molecule has 0 bridgehead atoms. The molecule has 1 N–H and O–H groups in total. The van der Waals surface area contributed by atoms with Crippen molar-refractivity contribution in [3.63, 3.8) is 0 Å². The molecule has 36 heavy (non-hydrogen) atoms. The van der Waals surface area contributed by atoms with Crippen molar-refractivity contribution >= 4 is 16.9 Å². The number of piperidine rings is 1. The first-order chi connectivity index (χ1) is 17.5. The van der Waals surface area contributed by atoms with Crippen LogP contribution in [0, 0.1) is 23.7 Å². The van der Waals surface area contributed by atoms with Crippen LogP contribution in [0.15, 0.2) is 54.9 Å². The fraction of sp³-hybridized carbons (Fsp3) is 0.414. The number of hydrogen-bond donors (Lipinski definition) is 1. The number of aromatic nitrogens is 2. The molecule has 1 saturated heterocycles. The fourth-order valence-corrected chi connectivity index (χ4v) is 5.06. The molecule has 188 valence electrons. The standard InChI is InChI=1S/C29H32FN3O3/c1-36-24-9-11-28-26(19-24)25(13-16-32-28)27(30)10-7-21-14-18-33(20-22(21)8-12-29(34)35)17-4-6-23-5-2-3-15-31-23/h2-3,5,9,11,13,15-16,19,21-22,27H,7-8,10,12,14,17-18,20H2,1H3,(H,34,35)/t21-,22-,27-/m1/s1. The molecule has 0 unspecified atom stereocenters. The summed E-state index contributed by atoms with van der Waals surface area (Å²) in [5.74, 6) is 6.65. The van der Waals surface area contributed by atoms with Gasteiger partial charge >= 0.3 is 5.97 Å². The Balaban J connectivity index is 1.39. The van der Waals surface area contributed by atoms with Crippen molar-refractivity contribution in [2.75, 3.05) is 26.7 Å². The van der Waals surface area contributed by atoms with E-state index >= 15 is 4.39 Å². The van der Waals surface area contributed by atoms with Crippen LogP contribution in [0.3, 0.4) is 0 Å². The summed E-state index contributed by atoms with van der Waals surface area (Å²) in [6.07, 6.45) is 4.99. The Bertz CT molecular complexity index is 1220. The van der Waals surface area contributed by atoms with Gasteiger partial charge in [-0.25, -0.2) is 9.37 Å². The van der Waals surface area contributed by atoms with Crippen LogP contribution in [-0.4, -0.2) is 52.7 Å². The Morgan fingerprint density at radius 2 is 2.08 bits per heavy atom. The van der Waals surface area contributed by atoms with Crippen molar-refractivity contribution in [2.45, 2.75) is 38.3 Å². The van der Waals surface area contributed by atoms with E-state index in [0.29, 0.717) is 37.1 Å². The molecule has 1 aromatic carbocycles. The molecule has 3 heterocycles. The van der Waals surface area contributed by atoms with E-state index in [9.17, 15) is 9.90 Å². The Morgan fingerprint density at radius 1 is 1.19 bits per heavy atom. The van der Waals surface area contributed by atoms with Gasteiger partial charge in [0.05, 0.1) is 19.2 Å². The lowest BCUT2D eigenvalue weighted by atomic mass is 9.79. The number of nitrogens with zero attached hydrogens (tertiary/aromatic N) is 3. The number of carbonyl (C=O) groups is 1. The third-order valence-corrected chi connectivity index (χ3v) is 7.00. The number of aliphatic carboxylic acids is 1. The number of halogens is 1. The fourth-order valence-electron chi connectivity index (χ4n) is 5.06. The van der Waals surface area contributed by atoms with E-state index < -0.39 is 12.1 Å². The quantitative estimate of drug-likeness (QED) is 0.412. The van der Waals surface area contributed by atoms with Crippen molar-refractivity contribution in [3.8, 4) is 17.6 Å². The summed E-state index contributed by atoms with van der Waals surface area (Å²) < 4.78 is 20.8. The van der Waals surface area contributed by atoms with Crippen molar-refractivity contribution in [2.24, 2.45) is 11.8 Å². The van der Waals surface area contributed by atoms with Gasteiger partial charge in [0.2, 0.25) is 0 Å². The molecule has 6 nitrogen and oxygen atoms in total. The summed E-state index contributed by atoms with van der Waals surface area (Å²) >= 11 is 0. The number of fused-ring (bicyclic) bond motifs is 1. The average Bonchev–Trinajstić information content (AvgIpc) is 2.91. The molecule has 1 aliphatic rings. The van der Waals surface area contributed by atoms with Gasteiger partial charge in [-0.15, -0.1) is 0 Å². The van der Waals surface area contributed by atoms with Gasteiger partial charge in [-0.3, -0.25) is 14.7 Å². The minimum absolute atomic E-state index is 0.127. The molecule has 2 aromatic heterocycles. The highest BCUT2D eigenvalue weighted by atomic mass is 19.1. The molecule has 3 aromatic rings. The van der Waals surface area contributed by atoms with Crippen LogP contribution in [0.1, 0.15) is 49.5 Å². The second-order valence-corrected chi connectivity index (χ2v) is 9.32. The lowest BCUT2D eigenvalue weighted by molar-refractivity contribution is -0.137. The number of ether oxygens (including phenoxy) is 1. The molecule has 0 amide bonds. The maximum atomic E-state index is 15.5. The predicted octanol–water partition coefficient (Wildman–Crippen LogP) is 5.28. The highest BCUT2D eigenvalue weighted by Crippen LogP contribution is 2.36. The number of pyridine rings is 2. The Kier molecular flexibility index (Phi) is 8.85. The average molecular weight is 490 g/mol. The number of hydrogen-bond acceptors (Lipinski definition) is 5. The van der Waals surface area contributed by atoms with Crippen LogP contribution in [0.5, 0.6) is 5.75 Å². The molecule has 0 aliphatic carbocycles. The summed E-state index contributed by atoms with van der Waals surface area (Å²) in [6, 6.07) is 12.9. The second kappa shape index (κ2) is 12.5. The van der Waals surface area contributed by atoms with Crippen LogP contribution < -0.4 is 4.74 Å². The molecule has 1 fully saturated rings. The third kappa shape index (κ3) is 6.79. The first kappa shape index (κ1) is 25.6. The van der Waals surface area contributed by atoms with Gasteiger partial charge in [0, 0.05) is 30.7 Å². The van der Waals surface area contributed by atoms with Gasteiger partial charge in [-0.2, -0.15) is 0 Å². The SMILES string of the molecule is COc1ccc2nccc([C@H](F)CC[C@@H]3CCN(CC#Cc4ccccn4)C[C@H]3CCC(=O)O)c2c1. The maximum Gasteiger partial charge on any atom is 0.303 e. The third-order valence-electron chi connectivity index (χ3n) is 7.00. The number of rotatable bonds is 9. The lowest BCUT2D eigenvalue weighted by Crippen LogP contribution is -2.41. The molecule has 0 saturated carbocycles. The summed E-state index contributed by atoms with van der Waals surface area (Å²) in [4.78, 5) is 22.1. The Hall–Kier alpha value is -3.50. The van der Waals surface area contributed by atoms with Gasteiger partial charge in [-0.1, -0.05) is 12.0 Å². The Morgan fingerprint density at radius 3 is 2.86 bits per heavy atom. The first-order valence-electron chi connectivity index (χ1n) is 12.4. The normalized spacial score (nSPS) is 18.8. The molecule has 3 atom stereocenters. The lowest BCUT2D eigenvalue weighted by Gasteiger charge is -2.38. The van der Waals surface area contributed by atoms with Gasteiger partial charge in [0.1, 0.15) is 17.6 Å². The highest BCUT2D eigenvalue weighted by molar-refractivity contribution is 5.83. The van der Waals surface area contributed by atoms with E-state index in [1.165, 1.54) is 0 Å². The van der Waals surface area contributed by atoms with Crippen molar-refractivity contribution in [3.05, 3.63) is 66.1 Å². The number of carboxylic acid groups (broad SMARTS) is 1. The molecular weight excluding hydrogens is 457 g/mol. The highest BCUT2D eigenvalue weighted by Gasteiger charge is 2.30. The molecule has 7 heteroatoms. The molecule has 0 radical (unpaired) electrons. The van der Waals surface area contributed by atoms with E-state index in [1.807, 2.05) is 36.4 Å². The Labute approximate surface area is 211 Å². The van der Waals surface area contributed by atoms with E-state index in [-0.39, 0.29) is 18.3 Å². The first-order valence-corrected chi connectivity index (χ1v) is 12.4. The molecule has 4 rings (SSSR count). The van der Waals surface area contributed by atoms with Gasteiger partial charge in [-0.05, 0) is 91.9 Å². The van der Waals surface area contributed by atoms with Crippen LogP contribution in [0.2, 0.25) is 0 Å². The minimum Gasteiger partial charge on any atom is -0.497 e. The van der Waals surface area contributed by atoms with Gasteiger partial charge in [0.25, 0.3) is 0 Å². The number of alkyl halides is 1. The van der Waals surface area contributed by atoms with Crippen LogP contribution in [-0.2, 0) is 4.79 Å². The van der Waals surface area contributed by atoms with E-state index in [1.54, 1.807) is 25.6 Å². The van der Waals surface area contributed by atoms with E-state index in [2.05, 4.69) is 26.7 Å². The summed E-state index contributed by atoms with van der Waals surface area (Å²) in [5, 5.41) is 10.0. The summed E-state index contributed by atoms with van der Waals surface area (Å²) in [7, 11) is 1.60. The largest absolute Gasteiger partial charge is 0.497 e. The van der Waals surface area contributed by atoms with Crippen molar-refractivity contribution in [1.29, 1.82) is 0 Å². The topological polar surface area (TPSA) is 75.5 Å². The number of carboxylic acids is 1. The summed E-state index contributed by atoms with van der Waals surface area (Å²) in [5.41, 5.74) is 2.11. The monoisotopic (exact) mass is 489 g/mol. The second-order valence-electron chi connectivity index (χ2n) is 9.32. The molecule has 0 spiro atoms. The minimum atomic E-state index is -1.12. The zero-order chi connectivity index (χ0) is 25.3. The van der Waals surface area contributed by atoms with E-state index in [0.717, 1.165) is 36.1 Å². The van der Waals surface area contributed by atoms with Gasteiger partial charge < -0.3 is 9.84 Å².